The minimum Gasteiger partial charge on any atom is -0.481 e. The van der Waals surface area contributed by atoms with Crippen LogP contribution in [0.5, 0.6) is 0 Å². The van der Waals surface area contributed by atoms with E-state index < -0.39 is 5.97 Å². The zero-order valence-electron chi connectivity index (χ0n) is 11.8. The molecule has 2 N–H and O–H groups in total. The van der Waals surface area contributed by atoms with Gasteiger partial charge in [-0.2, -0.15) is 5.26 Å². The standard InChI is InChI=1S/C13H23N3O3/c1-10(2)7-11(8-12(17)18)9-15-13(19)16(3)6-4-5-14/h10-11H,4,6-9H2,1-3H3,(H,15,19)(H,17,18)/t11-/m0/s1. The molecule has 19 heavy (non-hydrogen) atoms. The van der Waals surface area contributed by atoms with Crippen molar-refractivity contribution in [3.63, 3.8) is 0 Å². The fourth-order valence-corrected chi connectivity index (χ4v) is 1.84. The molecule has 6 heteroatoms. The molecule has 0 aromatic heterocycles. The van der Waals surface area contributed by atoms with Crippen LogP contribution in [0, 0.1) is 23.2 Å². The molecule has 0 aromatic rings. The third-order valence-electron chi connectivity index (χ3n) is 2.72. The van der Waals surface area contributed by atoms with Gasteiger partial charge in [-0.1, -0.05) is 13.8 Å². The third kappa shape index (κ3) is 8.89. The van der Waals surface area contributed by atoms with Crippen molar-refractivity contribution in [1.29, 1.82) is 5.26 Å². The number of nitriles is 1. The van der Waals surface area contributed by atoms with Crippen molar-refractivity contribution in [2.45, 2.75) is 33.1 Å². The van der Waals surface area contributed by atoms with Gasteiger partial charge in [0.1, 0.15) is 0 Å². The van der Waals surface area contributed by atoms with Gasteiger partial charge in [0.2, 0.25) is 0 Å². The van der Waals surface area contributed by atoms with Gasteiger partial charge in [0, 0.05) is 26.6 Å². The Balaban J connectivity index is 4.18. The smallest absolute Gasteiger partial charge is 0.317 e. The number of carboxylic acid groups (broad SMARTS) is 1. The first-order chi connectivity index (χ1) is 8.86. The molecule has 0 saturated heterocycles. The quantitative estimate of drug-likeness (QED) is 0.701. The number of nitrogens with zero attached hydrogens (tertiary/aromatic N) is 2. The van der Waals surface area contributed by atoms with Gasteiger partial charge in [-0.15, -0.1) is 0 Å². The number of rotatable bonds is 8. The Morgan fingerprint density at radius 1 is 1.42 bits per heavy atom. The molecule has 0 unspecified atom stereocenters. The predicted octanol–water partition coefficient (Wildman–Crippen LogP) is 1.68. The molecule has 0 radical (unpaired) electrons. The molecule has 0 fully saturated rings. The number of carbonyl (C=O) groups excluding carboxylic acids is 1. The highest BCUT2D eigenvalue weighted by Gasteiger charge is 2.17. The predicted molar refractivity (Wildman–Crippen MR) is 71.5 cm³/mol. The number of nitrogens with one attached hydrogen (secondary N) is 1. The molecule has 2 amide bonds. The van der Waals surface area contributed by atoms with E-state index in [4.69, 9.17) is 10.4 Å². The lowest BCUT2D eigenvalue weighted by Crippen LogP contribution is -2.40. The maximum atomic E-state index is 11.7. The number of carbonyl (C=O) groups is 2. The fraction of sp³-hybridized carbons (Fsp3) is 0.769. The molecule has 0 aromatic carbocycles. The summed E-state index contributed by atoms with van der Waals surface area (Å²) >= 11 is 0. The summed E-state index contributed by atoms with van der Waals surface area (Å²) in [6.45, 7) is 4.77. The molecule has 0 aliphatic carbocycles. The Morgan fingerprint density at radius 3 is 2.53 bits per heavy atom. The number of aliphatic carboxylic acids is 1. The number of amides is 2. The van der Waals surface area contributed by atoms with Crippen LogP contribution in [-0.4, -0.2) is 42.1 Å². The number of carboxylic acids is 1. The summed E-state index contributed by atoms with van der Waals surface area (Å²) in [4.78, 5) is 23.9. The van der Waals surface area contributed by atoms with Crippen LogP contribution in [0.4, 0.5) is 4.79 Å². The first-order valence-corrected chi connectivity index (χ1v) is 6.44. The normalized spacial score (nSPS) is 11.7. The van der Waals surface area contributed by atoms with E-state index in [1.54, 1.807) is 7.05 Å². The SMILES string of the molecule is CC(C)C[C@H](CNC(=O)N(C)CCC#N)CC(=O)O. The summed E-state index contributed by atoms with van der Waals surface area (Å²) in [7, 11) is 1.61. The van der Waals surface area contributed by atoms with Crippen LogP contribution in [0.15, 0.2) is 0 Å². The second-order valence-corrected chi connectivity index (χ2v) is 5.11. The Bertz CT molecular complexity index is 337. The van der Waals surface area contributed by atoms with Crippen LogP contribution in [-0.2, 0) is 4.79 Å². The largest absolute Gasteiger partial charge is 0.481 e. The van der Waals surface area contributed by atoms with Crippen LogP contribution < -0.4 is 5.32 Å². The van der Waals surface area contributed by atoms with E-state index >= 15 is 0 Å². The van der Waals surface area contributed by atoms with Crippen LogP contribution in [0.1, 0.15) is 33.1 Å². The van der Waals surface area contributed by atoms with Gasteiger partial charge in [0.05, 0.1) is 12.5 Å². The van der Waals surface area contributed by atoms with Gasteiger partial charge in [0.25, 0.3) is 0 Å². The first-order valence-electron chi connectivity index (χ1n) is 6.44. The lowest BCUT2D eigenvalue weighted by Gasteiger charge is -2.21. The van der Waals surface area contributed by atoms with Crippen LogP contribution in [0.2, 0.25) is 0 Å². The van der Waals surface area contributed by atoms with Crippen LogP contribution >= 0.6 is 0 Å². The van der Waals surface area contributed by atoms with E-state index in [0.717, 1.165) is 6.42 Å². The van der Waals surface area contributed by atoms with Crippen molar-refractivity contribution in [2.24, 2.45) is 11.8 Å². The minimum atomic E-state index is -0.849. The van der Waals surface area contributed by atoms with E-state index in [9.17, 15) is 9.59 Å². The number of hydrogen-bond donors (Lipinski definition) is 2. The summed E-state index contributed by atoms with van der Waals surface area (Å²) in [5.74, 6) is -0.527. The number of hydrogen-bond acceptors (Lipinski definition) is 3. The molecule has 6 nitrogen and oxygen atoms in total. The van der Waals surface area contributed by atoms with Crippen molar-refractivity contribution < 1.29 is 14.7 Å². The van der Waals surface area contributed by atoms with Gasteiger partial charge in [0.15, 0.2) is 0 Å². The van der Waals surface area contributed by atoms with E-state index in [1.165, 1.54) is 4.90 Å². The molecule has 0 aliphatic heterocycles. The molecule has 0 heterocycles. The third-order valence-corrected chi connectivity index (χ3v) is 2.72. The van der Waals surface area contributed by atoms with Gasteiger partial charge in [-0.3, -0.25) is 4.79 Å². The first kappa shape index (κ1) is 17.2. The fourth-order valence-electron chi connectivity index (χ4n) is 1.84. The lowest BCUT2D eigenvalue weighted by molar-refractivity contribution is -0.138. The van der Waals surface area contributed by atoms with Crippen molar-refractivity contribution in [3.8, 4) is 6.07 Å². The molecule has 0 spiro atoms. The average Bonchev–Trinajstić information content (AvgIpc) is 2.31. The van der Waals surface area contributed by atoms with E-state index in [1.807, 2.05) is 19.9 Å². The second kappa shape index (κ2) is 9.20. The summed E-state index contributed by atoms with van der Waals surface area (Å²) in [5.41, 5.74) is 0. The van der Waals surface area contributed by atoms with Crippen molar-refractivity contribution in [2.75, 3.05) is 20.1 Å². The molecular formula is C13H23N3O3. The van der Waals surface area contributed by atoms with Gasteiger partial charge in [-0.05, 0) is 18.3 Å². The molecule has 0 bridgehead atoms. The Kier molecular flexibility index (Phi) is 8.34. The van der Waals surface area contributed by atoms with Gasteiger partial charge < -0.3 is 15.3 Å². The molecule has 0 aliphatic rings. The monoisotopic (exact) mass is 269 g/mol. The van der Waals surface area contributed by atoms with E-state index in [2.05, 4.69) is 5.32 Å². The topological polar surface area (TPSA) is 93.4 Å². The van der Waals surface area contributed by atoms with Crippen molar-refractivity contribution >= 4 is 12.0 Å². The molecule has 1 atom stereocenters. The maximum absolute atomic E-state index is 11.7. The van der Waals surface area contributed by atoms with Crippen molar-refractivity contribution in [3.05, 3.63) is 0 Å². The molecular weight excluding hydrogens is 246 g/mol. The highest BCUT2D eigenvalue weighted by Crippen LogP contribution is 2.14. The summed E-state index contributed by atoms with van der Waals surface area (Å²) < 4.78 is 0. The lowest BCUT2D eigenvalue weighted by atomic mass is 9.94. The zero-order valence-corrected chi connectivity index (χ0v) is 11.8. The zero-order chi connectivity index (χ0) is 14.8. The molecule has 0 saturated carbocycles. The second-order valence-electron chi connectivity index (χ2n) is 5.11. The maximum Gasteiger partial charge on any atom is 0.317 e. The number of urea groups is 1. The van der Waals surface area contributed by atoms with Crippen molar-refractivity contribution in [1.82, 2.24) is 10.2 Å². The summed E-state index contributed by atoms with van der Waals surface area (Å²) in [5, 5.41) is 20.0. The summed E-state index contributed by atoms with van der Waals surface area (Å²) in [6, 6.07) is 1.70. The van der Waals surface area contributed by atoms with Crippen LogP contribution in [0.3, 0.4) is 0 Å². The highest BCUT2D eigenvalue weighted by atomic mass is 16.4. The Hall–Kier alpha value is -1.77. The highest BCUT2D eigenvalue weighted by molar-refractivity contribution is 5.74. The minimum absolute atomic E-state index is 0.0559. The van der Waals surface area contributed by atoms with Crippen LogP contribution in [0.25, 0.3) is 0 Å². The average molecular weight is 269 g/mol. The van der Waals surface area contributed by atoms with E-state index in [-0.39, 0.29) is 24.8 Å². The Morgan fingerprint density at radius 2 is 2.05 bits per heavy atom. The van der Waals surface area contributed by atoms with Gasteiger partial charge in [-0.25, -0.2) is 4.79 Å². The molecule has 0 rings (SSSR count). The van der Waals surface area contributed by atoms with E-state index in [0.29, 0.717) is 19.0 Å². The molecule has 108 valence electrons. The Labute approximate surface area is 114 Å². The summed E-state index contributed by atoms with van der Waals surface area (Å²) in [6.07, 6.45) is 1.10. The van der Waals surface area contributed by atoms with Gasteiger partial charge >= 0.3 is 12.0 Å².